The molecular weight excluding hydrogens is 350 g/mol. The van der Waals surface area contributed by atoms with Crippen molar-refractivity contribution in [1.82, 2.24) is 0 Å². The predicted octanol–water partition coefficient (Wildman–Crippen LogP) is 5.37. The minimum absolute atomic E-state index is 0.208. The first kappa shape index (κ1) is 20.9. The average molecular weight is 386 g/mol. The van der Waals surface area contributed by atoms with Crippen LogP contribution < -0.4 is 4.90 Å². The van der Waals surface area contributed by atoms with Crippen LogP contribution in [0.4, 0.5) is 5.69 Å². The number of carbonyl (C=O) groups is 2. The van der Waals surface area contributed by atoms with Crippen molar-refractivity contribution in [2.75, 3.05) is 11.4 Å². The Hall–Kier alpha value is -1.84. The van der Waals surface area contributed by atoms with Gasteiger partial charge in [-0.05, 0) is 74.5 Å². The van der Waals surface area contributed by atoms with Crippen LogP contribution in [0.5, 0.6) is 0 Å². The Morgan fingerprint density at radius 1 is 1.11 bits per heavy atom. The summed E-state index contributed by atoms with van der Waals surface area (Å²) in [6.07, 6.45) is 12.2. The topological polar surface area (TPSA) is 57.6 Å². The molecule has 1 aromatic rings. The molecule has 4 heteroatoms. The summed E-state index contributed by atoms with van der Waals surface area (Å²) in [6, 6.07) is 6.46. The number of anilines is 1. The molecule has 1 fully saturated rings. The normalized spacial score (nSPS) is 21.5. The van der Waals surface area contributed by atoms with E-state index in [1.165, 1.54) is 43.2 Å². The number of nitrogens with zero attached hydrogens (tertiary/aromatic N) is 1. The van der Waals surface area contributed by atoms with Crippen LogP contribution >= 0.6 is 0 Å². The van der Waals surface area contributed by atoms with Gasteiger partial charge >= 0.3 is 5.97 Å². The lowest BCUT2D eigenvalue weighted by molar-refractivity contribution is -0.137. The summed E-state index contributed by atoms with van der Waals surface area (Å²) < 4.78 is 0. The molecule has 0 aromatic heterocycles. The Labute approximate surface area is 169 Å². The number of aryl methyl sites for hydroxylation is 1. The van der Waals surface area contributed by atoms with Crippen molar-refractivity contribution in [3.8, 4) is 0 Å². The lowest BCUT2D eigenvalue weighted by Crippen LogP contribution is -2.36. The Morgan fingerprint density at radius 2 is 1.89 bits per heavy atom. The number of carboxylic acid groups (broad SMARTS) is 1. The highest BCUT2D eigenvalue weighted by atomic mass is 16.4. The Bertz CT molecular complexity index is 676. The molecule has 1 N–H and O–H groups in total. The smallest absolute Gasteiger partial charge is 0.303 e. The number of rotatable bonds is 9. The predicted molar refractivity (Wildman–Crippen MR) is 113 cm³/mol. The van der Waals surface area contributed by atoms with Gasteiger partial charge in [0, 0.05) is 24.6 Å². The number of hydrogen-bond donors (Lipinski definition) is 1. The first-order valence-corrected chi connectivity index (χ1v) is 11.2. The number of aliphatic carboxylic acids is 1. The van der Waals surface area contributed by atoms with Gasteiger partial charge in [0.15, 0.2) is 0 Å². The summed E-state index contributed by atoms with van der Waals surface area (Å²) >= 11 is 0. The maximum atomic E-state index is 13.1. The van der Waals surface area contributed by atoms with Crippen molar-refractivity contribution in [2.24, 2.45) is 11.8 Å². The number of amides is 1. The van der Waals surface area contributed by atoms with Gasteiger partial charge < -0.3 is 10.0 Å². The summed E-state index contributed by atoms with van der Waals surface area (Å²) in [5.41, 5.74) is 3.64. The zero-order chi connectivity index (χ0) is 19.9. The van der Waals surface area contributed by atoms with Crippen LogP contribution in [0.1, 0.15) is 82.3 Å². The van der Waals surface area contributed by atoms with E-state index in [0.29, 0.717) is 5.91 Å². The molecule has 28 heavy (non-hydrogen) atoms. The molecule has 0 radical (unpaired) electrons. The fourth-order valence-electron chi connectivity index (χ4n) is 4.86. The van der Waals surface area contributed by atoms with E-state index in [1.54, 1.807) is 0 Å². The minimum atomic E-state index is -0.720. The van der Waals surface area contributed by atoms with Crippen LogP contribution in [-0.2, 0) is 22.4 Å². The third kappa shape index (κ3) is 5.36. The second-order valence-electron chi connectivity index (χ2n) is 8.66. The van der Waals surface area contributed by atoms with E-state index in [4.69, 9.17) is 5.11 Å². The molecule has 0 saturated heterocycles. The van der Waals surface area contributed by atoms with Gasteiger partial charge in [0.1, 0.15) is 0 Å². The summed E-state index contributed by atoms with van der Waals surface area (Å²) in [5, 5.41) is 8.74. The fraction of sp³-hybridized carbons (Fsp3) is 0.667. The number of fused-ring (bicyclic) bond motifs is 1. The largest absolute Gasteiger partial charge is 0.481 e. The molecule has 0 unspecified atom stereocenters. The molecular formula is C24H35NO3. The van der Waals surface area contributed by atoms with Gasteiger partial charge in [-0.25, -0.2) is 0 Å². The van der Waals surface area contributed by atoms with Crippen LogP contribution in [0, 0.1) is 11.8 Å². The zero-order valence-corrected chi connectivity index (χ0v) is 17.3. The van der Waals surface area contributed by atoms with Gasteiger partial charge in [-0.2, -0.15) is 0 Å². The van der Waals surface area contributed by atoms with E-state index in [0.717, 1.165) is 56.7 Å². The Balaban J connectivity index is 1.52. The summed E-state index contributed by atoms with van der Waals surface area (Å²) in [7, 11) is 0. The van der Waals surface area contributed by atoms with Crippen molar-refractivity contribution in [3.05, 3.63) is 29.3 Å². The Kier molecular flexibility index (Phi) is 7.52. The molecule has 0 atom stereocenters. The van der Waals surface area contributed by atoms with E-state index in [9.17, 15) is 9.59 Å². The monoisotopic (exact) mass is 385 g/mol. The molecule has 4 nitrogen and oxygen atoms in total. The van der Waals surface area contributed by atoms with Gasteiger partial charge in [-0.3, -0.25) is 9.59 Å². The van der Waals surface area contributed by atoms with E-state index >= 15 is 0 Å². The van der Waals surface area contributed by atoms with Crippen molar-refractivity contribution in [3.63, 3.8) is 0 Å². The lowest BCUT2D eigenvalue weighted by atomic mass is 9.79. The van der Waals surface area contributed by atoms with Gasteiger partial charge in [0.25, 0.3) is 0 Å². The highest BCUT2D eigenvalue weighted by Gasteiger charge is 2.32. The summed E-state index contributed by atoms with van der Waals surface area (Å²) in [6.45, 7) is 3.06. The quantitative estimate of drug-likeness (QED) is 0.581. The molecule has 2 aliphatic rings. The van der Waals surface area contributed by atoms with Gasteiger partial charge in [-0.15, -0.1) is 0 Å². The Morgan fingerprint density at radius 3 is 2.61 bits per heavy atom. The molecule has 1 aliphatic heterocycles. The van der Waals surface area contributed by atoms with Crippen LogP contribution in [0.25, 0.3) is 0 Å². The molecule has 1 amide bonds. The van der Waals surface area contributed by atoms with Gasteiger partial charge in [0.05, 0.1) is 0 Å². The SMILES string of the molecule is CCCCC1CCC(C(=O)N2CCc3cc(CCCCC(=O)O)ccc32)CC1. The molecule has 1 heterocycles. The second kappa shape index (κ2) is 10.1. The summed E-state index contributed by atoms with van der Waals surface area (Å²) in [5.74, 6) is 0.655. The van der Waals surface area contributed by atoms with Crippen LogP contribution in [0.15, 0.2) is 18.2 Å². The van der Waals surface area contributed by atoms with Crippen molar-refractivity contribution in [2.45, 2.75) is 84.0 Å². The number of hydrogen-bond acceptors (Lipinski definition) is 2. The zero-order valence-electron chi connectivity index (χ0n) is 17.3. The number of carbonyl (C=O) groups excluding carboxylic acids is 1. The molecule has 0 spiro atoms. The van der Waals surface area contributed by atoms with E-state index < -0.39 is 5.97 Å². The van der Waals surface area contributed by atoms with E-state index in [1.807, 2.05) is 4.90 Å². The van der Waals surface area contributed by atoms with Crippen molar-refractivity contribution >= 4 is 17.6 Å². The highest BCUT2D eigenvalue weighted by Crippen LogP contribution is 2.36. The first-order valence-electron chi connectivity index (χ1n) is 11.2. The van der Waals surface area contributed by atoms with Crippen molar-refractivity contribution in [1.29, 1.82) is 0 Å². The third-order valence-corrected chi connectivity index (χ3v) is 6.57. The molecule has 1 aromatic carbocycles. The maximum absolute atomic E-state index is 13.1. The van der Waals surface area contributed by atoms with Crippen LogP contribution in [-0.4, -0.2) is 23.5 Å². The highest BCUT2D eigenvalue weighted by molar-refractivity contribution is 5.97. The second-order valence-corrected chi connectivity index (χ2v) is 8.66. The first-order chi connectivity index (χ1) is 13.6. The number of carboxylic acids is 1. The molecule has 1 aliphatic carbocycles. The van der Waals surface area contributed by atoms with Gasteiger partial charge in [0.2, 0.25) is 5.91 Å². The minimum Gasteiger partial charge on any atom is -0.481 e. The molecule has 0 bridgehead atoms. The number of unbranched alkanes of at least 4 members (excludes halogenated alkanes) is 2. The lowest BCUT2D eigenvalue weighted by Gasteiger charge is -2.30. The standard InChI is InChI=1S/C24H35NO3/c1-2-3-6-18-9-12-20(13-10-18)24(28)25-16-15-21-17-19(11-14-22(21)25)7-4-5-8-23(26)27/h11,14,17-18,20H,2-10,12-13,15-16H2,1H3,(H,26,27). The third-order valence-electron chi connectivity index (χ3n) is 6.57. The molecule has 154 valence electrons. The van der Waals surface area contributed by atoms with E-state index in [-0.39, 0.29) is 12.3 Å². The van der Waals surface area contributed by atoms with Crippen LogP contribution in [0.2, 0.25) is 0 Å². The number of benzene rings is 1. The molecule has 3 rings (SSSR count). The molecule has 1 saturated carbocycles. The fourth-order valence-corrected chi connectivity index (χ4v) is 4.86. The maximum Gasteiger partial charge on any atom is 0.303 e. The average Bonchev–Trinajstić information content (AvgIpc) is 3.12. The van der Waals surface area contributed by atoms with Gasteiger partial charge in [-0.1, -0.05) is 38.3 Å². The van der Waals surface area contributed by atoms with E-state index in [2.05, 4.69) is 25.1 Å². The summed E-state index contributed by atoms with van der Waals surface area (Å²) in [4.78, 5) is 25.8. The van der Waals surface area contributed by atoms with Crippen LogP contribution in [0.3, 0.4) is 0 Å². The van der Waals surface area contributed by atoms with Crippen molar-refractivity contribution < 1.29 is 14.7 Å².